The molecule has 1 heterocycles. The highest BCUT2D eigenvalue weighted by Gasteiger charge is 2.05. The van der Waals surface area contributed by atoms with Gasteiger partial charge in [0.05, 0.1) is 5.69 Å². The van der Waals surface area contributed by atoms with Crippen LogP contribution in [0.25, 0.3) is 10.9 Å². The number of nitrogens with one attached hydrogen (secondary N) is 1. The summed E-state index contributed by atoms with van der Waals surface area (Å²) in [5.74, 6) is -0.0946. The zero-order valence-corrected chi connectivity index (χ0v) is 10.9. The monoisotopic (exact) mass is 270 g/mol. The Morgan fingerprint density at radius 2 is 1.95 bits per heavy atom. The van der Waals surface area contributed by atoms with Gasteiger partial charge in [-0.2, -0.15) is 0 Å². The first-order valence-corrected chi connectivity index (χ1v) is 6.44. The number of benzene rings is 2. The molecule has 0 fully saturated rings. The standard InChI is InChI=1S/C16H15FN2O/c17-14-3-1-2-4-16(14)20-10-13-8-12-6-5-11(9-18)7-15(12)19-13/h1-8,19H,9-10,18H2. The lowest BCUT2D eigenvalue weighted by Gasteiger charge is -2.05. The number of aromatic nitrogens is 1. The highest BCUT2D eigenvalue weighted by Crippen LogP contribution is 2.20. The van der Waals surface area contributed by atoms with E-state index in [2.05, 4.69) is 4.98 Å². The van der Waals surface area contributed by atoms with Crippen LogP contribution in [0.5, 0.6) is 5.75 Å². The molecular weight excluding hydrogens is 255 g/mol. The first-order chi connectivity index (χ1) is 9.76. The van der Waals surface area contributed by atoms with E-state index in [1.54, 1.807) is 18.2 Å². The van der Waals surface area contributed by atoms with Gasteiger partial charge in [-0.05, 0) is 35.2 Å². The van der Waals surface area contributed by atoms with Crippen LogP contribution in [-0.2, 0) is 13.2 Å². The van der Waals surface area contributed by atoms with Crippen LogP contribution in [0, 0.1) is 5.82 Å². The van der Waals surface area contributed by atoms with Crippen molar-refractivity contribution >= 4 is 10.9 Å². The minimum absolute atomic E-state index is 0.258. The number of halogens is 1. The summed E-state index contributed by atoms with van der Waals surface area (Å²) < 4.78 is 18.9. The molecule has 0 spiro atoms. The number of hydrogen-bond donors (Lipinski definition) is 2. The lowest BCUT2D eigenvalue weighted by molar-refractivity contribution is 0.287. The number of H-pyrrole nitrogens is 1. The van der Waals surface area contributed by atoms with Gasteiger partial charge in [-0.3, -0.25) is 0 Å². The summed E-state index contributed by atoms with van der Waals surface area (Å²) in [6, 6.07) is 14.4. The van der Waals surface area contributed by atoms with Crippen molar-refractivity contribution in [1.82, 2.24) is 4.98 Å². The van der Waals surface area contributed by atoms with E-state index in [-0.39, 0.29) is 11.6 Å². The molecule has 0 amide bonds. The molecule has 3 rings (SSSR count). The van der Waals surface area contributed by atoms with Crippen LogP contribution in [-0.4, -0.2) is 4.98 Å². The Bertz CT molecular complexity index is 736. The molecule has 0 radical (unpaired) electrons. The Morgan fingerprint density at radius 1 is 1.10 bits per heavy atom. The molecule has 102 valence electrons. The average molecular weight is 270 g/mol. The number of para-hydroxylation sites is 1. The Labute approximate surface area is 116 Å². The van der Waals surface area contributed by atoms with Gasteiger partial charge in [0.15, 0.2) is 11.6 Å². The van der Waals surface area contributed by atoms with Crippen LogP contribution >= 0.6 is 0 Å². The van der Waals surface area contributed by atoms with Crippen molar-refractivity contribution in [3.63, 3.8) is 0 Å². The lowest BCUT2D eigenvalue weighted by Crippen LogP contribution is -1.97. The molecule has 20 heavy (non-hydrogen) atoms. The highest BCUT2D eigenvalue weighted by molar-refractivity contribution is 5.81. The van der Waals surface area contributed by atoms with E-state index in [4.69, 9.17) is 10.5 Å². The molecule has 0 aliphatic carbocycles. The minimum atomic E-state index is -0.353. The Morgan fingerprint density at radius 3 is 2.75 bits per heavy atom. The minimum Gasteiger partial charge on any atom is -0.484 e. The number of ether oxygens (including phenoxy) is 1. The number of rotatable bonds is 4. The van der Waals surface area contributed by atoms with E-state index >= 15 is 0 Å². The highest BCUT2D eigenvalue weighted by atomic mass is 19.1. The second kappa shape index (κ2) is 5.35. The second-order valence-corrected chi connectivity index (χ2v) is 4.64. The molecule has 0 bridgehead atoms. The van der Waals surface area contributed by atoms with Crippen LogP contribution in [0.2, 0.25) is 0 Å². The van der Waals surface area contributed by atoms with Gasteiger partial charge in [0.1, 0.15) is 6.61 Å². The third-order valence-electron chi connectivity index (χ3n) is 3.20. The second-order valence-electron chi connectivity index (χ2n) is 4.64. The van der Waals surface area contributed by atoms with Gasteiger partial charge in [-0.25, -0.2) is 4.39 Å². The van der Waals surface area contributed by atoms with Crippen LogP contribution in [0.3, 0.4) is 0 Å². The topological polar surface area (TPSA) is 51.0 Å². The van der Waals surface area contributed by atoms with Gasteiger partial charge in [0.2, 0.25) is 0 Å². The van der Waals surface area contributed by atoms with E-state index in [0.29, 0.717) is 13.2 Å². The molecule has 0 aliphatic rings. The fourth-order valence-electron chi connectivity index (χ4n) is 2.16. The molecule has 3 aromatic rings. The van der Waals surface area contributed by atoms with Gasteiger partial charge in [0.25, 0.3) is 0 Å². The summed E-state index contributed by atoms with van der Waals surface area (Å²) in [7, 11) is 0. The maximum atomic E-state index is 13.4. The van der Waals surface area contributed by atoms with Crippen molar-refractivity contribution in [3.8, 4) is 5.75 Å². The normalized spacial score (nSPS) is 10.9. The van der Waals surface area contributed by atoms with Crippen LogP contribution in [0.1, 0.15) is 11.3 Å². The summed E-state index contributed by atoms with van der Waals surface area (Å²) >= 11 is 0. The fraction of sp³-hybridized carbons (Fsp3) is 0.125. The molecule has 0 aliphatic heterocycles. The SMILES string of the molecule is NCc1ccc2cc(COc3ccccc3F)[nH]c2c1. The number of nitrogens with two attached hydrogens (primary N) is 1. The van der Waals surface area contributed by atoms with Gasteiger partial charge in [-0.1, -0.05) is 24.3 Å². The lowest BCUT2D eigenvalue weighted by atomic mass is 10.2. The number of fused-ring (bicyclic) bond motifs is 1. The van der Waals surface area contributed by atoms with E-state index in [1.165, 1.54) is 6.07 Å². The van der Waals surface area contributed by atoms with Crippen molar-refractivity contribution in [1.29, 1.82) is 0 Å². The third kappa shape index (κ3) is 2.51. The number of hydrogen-bond acceptors (Lipinski definition) is 2. The van der Waals surface area contributed by atoms with Crippen molar-refractivity contribution in [2.75, 3.05) is 0 Å². The van der Waals surface area contributed by atoms with E-state index in [1.807, 2.05) is 24.3 Å². The third-order valence-corrected chi connectivity index (χ3v) is 3.20. The molecule has 0 unspecified atom stereocenters. The predicted octanol–water partition coefficient (Wildman–Crippen LogP) is 3.34. The molecule has 0 atom stereocenters. The maximum Gasteiger partial charge on any atom is 0.165 e. The van der Waals surface area contributed by atoms with Crippen molar-refractivity contribution in [3.05, 3.63) is 65.6 Å². The Balaban J connectivity index is 1.79. The van der Waals surface area contributed by atoms with Crippen LogP contribution < -0.4 is 10.5 Å². The van der Waals surface area contributed by atoms with Gasteiger partial charge in [0, 0.05) is 12.1 Å². The van der Waals surface area contributed by atoms with E-state index in [9.17, 15) is 4.39 Å². The Hall–Kier alpha value is -2.33. The quantitative estimate of drug-likeness (QED) is 0.764. The van der Waals surface area contributed by atoms with E-state index in [0.717, 1.165) is 22.2 Å². The van der Waals surface area contributed by atoms with Gasteiger partial charge >= 0.3 is 0 Å². The summed E-state index contributed by atoms with van der Waals surface area (Å²) in [4.78, 5) is 3.26. The maximum absolute atomic E-state index is 13.4. The van der Waals surface area contributed by atoms with Crippen LogP contribution in [0.4, 0.5) is 4.39 Å². The Kier molecular flexibility index (Phi) is 3.39. The molecule has 2 aromatic carbocycles. The summed E-state index contributed by atoms with van der Waals surface area (Å²) in [5, 5.41) is 1.09. The van der Waals surface area contributed by atoms with Crippen molar-refractivity contribution in [2.45, 2.75) is 13.2 Å². The van der Waals surface area contributed by atoms with E-state index < -0.39 is 0 Å². The molecule has 3 nitrogen and oxygen atoms in total. The van der Waals surface area contributed by atoms with Crippen molar-refractivity contribution < 1.29 is 9.13 Å². The largest absolute Gasteiger partial charge is 0.484 e. The molecule has 0 saturated heterocycles. The summed E-state index contributed by atoms with van der Waals surface area (Å²) in [6.07, 6.45) is 0. The molecular formula is C16H15FN2O. The summed E-state index contributed by atoms with van der Waals surface area (Å²) in [5.41, 5.74) is 8.60. The van der Waals surface area contributed by atoms with Gasteiger partial charge < -0.3 is 15.5 Å². The average Bonchev–Trinajstić information content (AvgIpc) is 2.88. The summed E-state index contributed by atoms with van der Waals surface area (Å²) in [6.45, 7) is 0.809. The molecule has 4 heteroatoms. The van der Waals surface area contributed by atoms with Crippen LogP contribution in [0.15, 0.2) is 48.5 Å². The fourth-order valence-corrected chi connectivity index (χ4v) is 2.16. The first kappa shape index (κ1) is 12.7. The zero-order valence-electron chi connectivity index (χ0n) is 10.9. The predicted molar refractivity (Wildman–Crippen MR) is 76.9 cm³/mol. The molecule has 0 saturated carbocycles. The number of aromatic amines is 1. The van der Waals surface area contributed by atoms with Crippen molar-refractivity contribution in [2.24, 2.45) is 5.73 Å². The first-order valence-electron chi connectivity index (χ1n) is 6.44. The zero-order chi connectivity index (χ0) is 13.9. The molecule has 3 N–H and O–H groups in total. The smallest absolute Gasteiger partial charge is 0.165 e. The molecule has 1 aromatic heterocycles. The van der Waals surface area contributed by atoms with Gasteiger partial charge in [-0.15, -0.1) is 0 Å².